The summed E-state index contributed by atoms with van der Waals surface area (Å²) < 4.78 is 0. The first-order chi connectivity index (χ1) is 13.4. The van der Waals surface area contributed by atoms with E-state index in [0.29, 0.717) is 36.6 Å². The molecule has 28 heavy (non-hydrogen) atoms. The van der Waals surface area contributed by atoms with E-state index in [9.17, 15) is 9.59 Å². The van der Waals surface area contributed by atoms with E-state index in [1.54, 1.807) is 0 Å². The van der Waals surface area contributed by atoms with Gasteiger partial charge in [-0.3, -0.25) is 9.59 Å². The van der Waals surface area contributed by atoms with Crippen LogP contribution in [0.4, 0.5) is 5.69 Å². The summed E-state index contributed by atoms with van der Waals surface area (Å²) in [4.78, 5) is 28.9. The second-order valence-electron chi connectivity index (χ2n) is 9.13. The van der Waals surface area contributed by atoms with Gasteiger partial charge in [0.1, 0.15) is 0 Å². The number of carbonyl (C=O) groups excluding carboxylic acids is 2. The molecule has 4 heteroatoms. The van der Waals surface area contributed by atoms with Crippen molar-refractivity contribution in [2.45, 2.75) is 77.7 Å². The molecular formula is C24H36N2O2. The number of benzene rings is 1. The minimum atomic E-state index is 0.249. The quantitative estimate of drug-likeness (QED) is 0.634. The molecule has 3 rings (SSSR count). The van der Waals surface area contributed by atoms with Gasteiger partial charge in [-0.15, -0.1) is 0 Å². The van der Waals surface area contributed by atoms with Crippen molar-refractivity contribution in [3.63, 3.8) is 0 Å². The van der Waals surface area contributed by atoms with Gasteiger partial charge in [0.15, 0.2) is 0 Å². The lowest BCUT2D eigenvalue weighted by molar-refractivity contribution is -0.127. The van der Waals surface area contributed by atoms with E-state index in [0.717, 1.165) is 31.5 Å². The van der Waals surface area contributed by atoms with Crippen molar-refractivity contribution in [3.8, 4) is 0 Å². The fraction of sp³-hybridized carbons (Fsp3) is 0.667. The fourth-order valence-corrected chi connectivity index (χ4v) is 5.19. The number of fused-ring (bicyclic) bond motifs is 1. The van der Waals surface area contributed by atoms with Crippen molar-refractivity contribution in [1.29, 1.82) is 0 Å². The Morgan fingerprint density at radius 1 is 1.21 bits per heavy atom. The highest BCUT2D eigenvalue weighted by atomic mass is 16.2. The van der Waals surface area contributed by atoms with E-state index in [1.165, 1.54) is 18.4 Å². The summed E-state index contributed by atoms with van der Waals surface area (Å²) in [6.45, 7) is 7.49. The first-order valence-corrected chi connectivity index (χ1v) is 11.1. The number of carbonyl (C=O) groups is 2. The van der Waals surface area contributed by atoms with Crippen LogP contribution in [0.5, 0.6) is 0 Å². The Labute approximate surface area is 170 Å². The van der Waals surface area contributed by atoms with Crippen LogP contribution in [0, 0.1) is 11.8 Å². The third-order valence-electron chi connectivity index (χ3n) is 6.67. The van der Waals surface area contributed by atoms with E-state index in [1.807, 2.05) is 22.9 Å². The van der Waals surface area contributed by atoms with Gasteiger partial charge in [-0.25, -0.2) is 0 Å². The molecule has 0 spiro atoms. The highest BCUT2D eigenvalue weighted by Crippen LogP contribution is 2.41. The molecule has 4 unspecified atom stereocenters. The van der Waals surface area contributed by atoms with Crippen molar-refractivity contribution < 1.29 is 9.59 Å². The zero-order valence-electron chi connectivity index (χ0n) is 18.0. The standard InChI is InChI=1S/C24H36N2O2/c1-5-8-17(2)13-18(3)14-24(28)26-16-19(21-9-6-7-10-22(21)26)15-20-11-12-23(27)25(20)4/h6-7,9-10,17-20H,5,8,11-16H2,1-4H3. The highest BCUT2D eigenvalue weighted by molar-refractivity contribution is 5.96. The minimum absolute atomic E-state index is 0.249. The molecule has 2 aliphatic heterocycles. The zero-order chi connectivity index (χ0) is 20.3. The maximum Gasteiger partial charge on any atom is 0.227 e. The lowest BCUT2D eigenvalue weighted by Gasteiger charge is -2.24. The Kier molecular flexibility index (Phi) is 6.79. The second-order valence-corrected chi connectivity index (χ2v) is 9.13. The normalized spacial score (nSPS) is 23.8. The maximum atomic E-state index is 13.1. The second kappa shape index (κ2) is 9.11. The summed E-state index contributed by atoms with van der Waals surface area (Å²) in [7, 11) is 1.92. The Bertz CT molecular complexity index is 702. The van der Waals surface area contributed by atoms with Gasteiger partial charge in [0.25, 0.3) is 0 Å². The predicted octanol–water partition coefficient (Wildman–Crippen LogP) is 4.98. The van der Waals surface area contributed by atoms with Gasteiger partial charge in [-0.1, -0.05) is 51.8 Å². The first-order valence-electron chi connectivity index (χ1n) is 11.1. The summed E-state index contributed by atoms with van der Waals surface area (Å²) in [5, 5.41) is 0. The number of anilines is 1. The molecule has 0 radical (unpaired) electrons. The van der Waals surface area contributed by atoms with Crippen molar-refractivity contribution in [2.24, 2.45) is 11.8 Å². The third-order valence-corrected chi connectivity index (χ3v) is 6.67. The van der Waals surface area contributed by atoms with Crippen LogP contribution in [0.3, 0.4) is 0 Å². The summed E-state index contributed by atoms with van der Waals surface area (Å²) in [5.41, 5.74) is 2.36. The summed E-state index contributed by atoms with van der Waals surface area (Å²) >= 11 is 0. The van der Waals surface area contributed by atoms with E-state index in [2.05, 4.69) is 39.0 Å². The summed E-state index contributed by atoms with van der Waals surface area (Å²) in [6, 6.07) is 8.64. The summed E-state index contributed by atoms with van der Waals surface area (Å²) in [6.07, 6.45) is 6.73. The number of likely N-dealkylation sites (tertiary alicyclic amines) is 1. The number of hydrogen-bond acceptors (Lipinski definition) is 2. The molecule has 4 atom stereocenters. The molecule has 0 bridgehead atoms. The number of nitrogens with zero attached hydrogens (tertiary/aromatic N) is 2. The van der Waals surface area contributed by atoms with Gasteiger partial charge in [0, 0.05) is 44.1 Å². The average molecular weight is 385 g/mol. The lowest BCUT2D eigenvalue weighted by atomic mass is 9.91. The zero-order valence-corrected chi connectivity index (χ0v) is 18.0. The van der Waals surface area contributed by atoms with Crippen LogP contribution in [0.2, 0.25) is 0 Å². The summed E-state index contributed by atoms with van der Waals surface area (Å²) in [5.74, 6) is 1.93. The van der Waals surface area contributed by atoms with Gasteiger partial charge in [0.2, 0.25) is 11.8 Å². The Balaban J connectivity index is 1.66. The van der Waals surface area contributed by atoms with Crippen LogP contribution in [0.1, 0.15) is 77.2 Å². The minimum Gasteiger partial charge on any atom is -0.343 e. The maximum absolute atomic E-state index is 13.1. The van der Waals surface area contributed by atoms with Gasteiger partial charge in [-0.05, 0) is 42.7 Å². The van der Waals surface area contributed by atoms with Crippen molar-refractivity contribution in [1.82, 2.24) is 4.90 Å². The van der Waals surface area contributed by atoms with Gasteiger partial charge < -0.3 is 9.80 Å². The molecule has 0 saturated carbocycles. The molecule has 2 amide bonds. The van der Waals surface area contributed by atoms with Crippen molar-refractivity contribution in [3.05, 3.63) is 29.8 Å². The topological polar surface area (TPSA) is 40.6 Å². The lowest BCUT2D eigenvalue weighted by Crippen LogP contribution is -2.33. The molecule has 0 aromatic heterocycles. The predicted molar refractivity (Wildman–Crippen MR) is 114 cm³/mol. The van der Waals surface area contributed by atoms with Crippen molar-refractivity contribution in [2.75, 3.05) is 18.5 Å². The number of amides is 2. The number of rotatable bonds is 8. The van der Waals surface area contributed by atoms with E-state index in [4.69, 9.17) is 0 Å². The van der Waals surface area contributed by atoms with Crippen LogP contribution in [0.25, 0.3) is 0 Å². The van der Waals surface area contributed by atoms with Gasteiger partial charge in [0.05, 0.1) is 0 Å². The molecule has 4 nitrogen and oxygen atoms in total. The molecule has 1 fully saturated rings. The van der Waals surface area contributed by atoms with E-state index < -0.39 is 0 Å². The number of para-hydroxylation sites is 1. The Hall–Kier alpha value is -1.84. The third kappa shape index (κ3) is 4.59. The van der Waals surface area contributed by atoms with Crippen molar-refractivity contribution >= 4 is 17.5 Å². The van der Waals surface area contributed by atoms with Crippen LogP contribution in [-0.4, -0.2) is 36.3 Å². The molecular weight excluding hydrogens is 348 g/mol. The fourth-order valence-electron chi connectivity index (χ4n) is 5.19. The van der Waals surface area contributed by atoms with Gasteiger partial charge >= 0.3 is 0 Å². The smallest absolute Gasteiger partial charge is 0.227 e. The molecule has 2 aliphatic rings. The number of hydrogen-bond donors (Lipinski definition) is 0. The molecule has 0 N–H and O–H groups in total. The van der Waals surface area contributed by atoms with E-state index >= 15 is 0 Å². The Morgan fingerprint density at radius 3 is 2.64 bits per heavy atom. The van der Waals surface area contributed by atoms with Crippen LogP contribution < -0.4 is 4.90 Å². The molecule has 1 aromatic carbocycles. The van der Waals surface area contributed by atoms with Gasteiger partial charge in [-0.2, -0.15) is 0 Å². The highest BCUT2D eigenvalue weighted by Gasteiger charge is 2.37. The SMILES string of the molecule is CCCC(C)CC(C)CC(=O)N1CC(CC2CCC(=O)N2C)c2ccccc21. The molecule has 2 heterocycles. The Morgan fingerprint density at radius 2 is 1.96 bits per heavy atom. The van der Waals surface area contributed by atoms with E-state index in [-0.39, 0.29) is 11.8 Å². The average Bonchev–Trinajstić information content (AvgIpc) is 3.17. The molecule has 154 valence electrons. The molecule has 1 saturated heterocycles. The monoisotopic (exact) mass is 384 g/mol. The van der Waals surface area contributed by atoms with Crippen LogP contribution in [-0.2, 0) is 9.59 Å². The largest absolute Gasteiger partial charge is 0.343 e. The van der Waals surface area contributed by atoms with Crippen LogP contribution >= 0.6 is 0 Å². The molecule has 1 aromatic rings. The van der Waals surface area contributed by atoms with Crippen LogP contribution in [0.15, 0.2) is 24.3 Å². The molecule has 0 aliphatic carbocycles. The first kappa shape index (κ1) is 20.9.